The van der Waals surface area contributed by atoms with Crippen molar-refractivity contribution in [1.82, 2.24) is 4.31 Å². The number of piperidine rings is 1. The van der Waals surface area contributed by atoms with Gasteiger partial charge in [0, 0.05) is 19.1 Å². The van der Waals surface area contributed by atoms with Crippen LogP contribution < -0.4 is 5.73 Å². The maximum atomic E-state index is 13.1. The standard InChI is InChI=1S/C13H16ClF3N2O2S.ClH/c14-11-6-3-5-10(13(15,16)17)12(11)22(20,21)19-7-2-1-4-9(19)8-18;/h3,5-6,9H,1-2,4,7-8,18H2;1H. The average Bonchev–Trinajstić information content (AvgIpc) is 2.45. The highest BCUT2D eigenvalue weighted by Crippen LogP contribution is 2.39. The Morgan fingerprint density at radius 1 is 1.30 bits per heavy atom. The van der Waals surface area contributed by atoms with Crippen molar-refractivity contribution in [3.63, 3.8) is 0 Å². The van der Waals surface area contributed by atoms with E-state index in [4.69, 9.17) is 17.3 Å². The Labute approximate surface area is 144 Å². The molecule has 2 rings (SSSR count). The molecule has 0 amide bonds. The molecule has 2 N–H and O–H groups in total. The third-order valence-corrected chi connectivity index (χ3v) is 6.17. The average molecular weight is 393 g/mol. The molecule has 1 saturated heterocycles. The monoisotopic (exact) mass is 392 g/mol. The second-order valence-electron chi connectivity index (χ2n) is 5.12. The molecular weight excluding hydrogens is 376 g/mol. The number of rotatable bonds is 3. The summed E-state index contributed by atoms with van der Waals surface area (Å²) < 4.78 is 65.9. The predicted molar refractivity (Wildman–Crippen MR) is 84.3 cm³/mol. The van der Waals surface area contributed by atoms with Crippen LogP contribution in [0, 0.1) is 0 Å². The molecule has 10 heteroatoms. The van der Waals surface area contributed by atoms with Crippen molar-refractivity contribution < 1.29 is 21.6 Å². The van der Waals surface area contributed by atoms with E-state index in [2.05, 4.69) is 0 Å². The number of hydrogen-bond acceptors (Lipinski definition) is 3. The SMILES string of the molecule is Cl.NCC1CCCCN1S(=O)(=O)c1c(Cl)cccc1C(F)(F)F. The molecule has 0 bridgehead atoms. The zero-order chi connectivity index (χ0) is 16.5. The number of sulfonamides is 1. The summed E-state index contributed by atoms with van der Waals surface area (Å²) in [7, 11) is -4.37. The Kier molecular flexibility index (Phi) is 6.74. The lowest BCUT2D eigenvalue weighted by molar-refractivity contribution is -0.139. The lowest BCUT2D eigenvalue weighted by Gasteiger charge is -2.34. The van der Waals surface area contributed by atoms with Gasteiger partial charge < -0.3 is 5.73 Å². The molecule has 0 aromatic heterocycles. The molecule has 0 spiro atoms. The van der Waals surface area contributed by atoms with Crippen LogP contribution in [0.3, 0.4) is 0 Å². The molecule has 1 atom stereocenters. The van der Waals surface area contributed by atoms with Crippen LogP contribution in [0.25, 0.3) is 0 Å². The van der Waals surface area contributed by atoms with Crippen molar-refractivity contribution >= 4 is 34.0 Å². The molecule has 0 saturated carbocycles. The number of hydrogen-bond donors (Lipinski definition) is 1. The van der Waals surface area contributed by atoms with Crippen LogP contribution in [0.1, 0.15) is 24.8 Å². The minimum atomic E-state index is -4.80. The number of nitrogens with two attached hydrogens (primary N) is 1. The van der Waals surface area contributed by atoms with Crippen molar-refractivity contribution in [1.29, 1.82) is 0 Å². The Balaban J connectivity index is 0.00000264. The third-order valence-electron chi connectivity index (χ3n) is 3.68. The van der Waals surface area contributed by atoms with Gasteiger partial charge in [-0.3, -0.25) is 0 Å². The van der Waals surface area contributed by atoms with E-state index < -0.39 is 37.7 Å². The normalized spacial score (nSPS) is 20.1. The second-order valence-corrected chi connectivity index (χ2v) is 7.35. The highest BCUT2D eigenvalue weighted by molar-refractivity contribution is 7.89. The summed E-state index contributed by atoms with van der Waals surface area (Å²) >= 11 is 5.79. The number of halogens is 5. The van der Waals surface area contributed by atoms with E-state index in [1.165, 1.54) is 0 Å². The van der Waals surface area contributed by atoms with E-state index in [1.54, 1.807) is 0 Å². The van der Waals surface area contributed by atoms with Crippen LogP contribution in [0.4, 0.5) is 13.2 Å². The molecule has 4 nitrogen and oxygen atoms in total. The molecule has 1 heterocycles. The van der Waals surface area contributed by atoms with Crippen LogP contribution in [0.5, 0.6) is 0 Å². The van der Waals surface area contributed by atoms with Crippen LogP contribution in [0.2, 0.25) is 5.02 Å². The number of benzene rings is 1. The van der Waals surface area contributed by atoms with Crippen LogP contribution in [-0.4, -0.2) is 31.9 Å². The lowest BCUT2D eigenvalue weighted by atomic mass is 10.1. The Hall–Kier alpha value is -0.540. The van der Waals surface area contributed by atoms with Gasteiger partial charge in [0.1, 0.15) is 4.90 Å². The molecular formula is C13H17Cl2F3N2O2S. The predicted octanol–water partition coefficient (Wildman–Crippen LogP) is 3.28. The summed E-state index contributed by atoms with van der Waals surface area (Å²) in [6.45, 7) is 0.206. The quantitative estimate of drug-likeness (QED) is 0.858. The molecule has 1 fully saturated rings. The highest BCUT2D eigenvalue weighted by Gasteiger charge is 2.42. The van der Waals surface area contributed by atoms with Crippen LogP contribution in [0.15, 0.2) is 23.1 Å². The van der Waals surface area contributed by atoms with E-state index in [0.717, 1.165) is 28.9 Å². The smallest absolute Gasteiger partial charge is 0.329 e. The first-order valence-electron chi connectivity index (χ1n) is 6.77. The van der Waals surface area contributed by atoms with Gasteiger partial charge in [-0.05, 0) is 25.0 Å². The van der Waals surface area contributed by atoms with Gasteiger partial charge in [-0.25, -0.2) is 8.42 Å². The lowest BCUT2D eigenvalue weighted by Crippen LogP contribution is -2.47. The van der Waals surface area contributed by atoms with Crippen molar-refractivity contribution in [3.8, 4) is 0 Å². The van der Waals surface area contributed by atoms with E-state index in [1.807, 2.05) is 0 Å². The number of nitrogens with zero attached hydrogens (tertiary/aromatic N) is 1. The Morgan fingerprint density at radius 2 is 1.96 bits per heavy atom. The van der Waals surface area contributed by atoms with Gasteiger partial charge in [0.2, 0.25) is 10.0 Å². The molecule has 1 aromatic rings. The van der Waals surface area contributed by atoms with Crippen molar-refractivity contribution in [2.24, 2.45) is 5.73 Å². The first kappa shape index (κ1) is 20.5. The third kappa shape index (κ3) is 4.11. The summed E-state index contributed by atoms with van der Waals surface area (Å²) in [5.74, 6) is 0. The highest BCUT2D eigenvalue weighted by atomic mass is 35.5. The molecule has 1 aromatic carbocycles. The van der Waals surface area contributed by atoms with Crippen LogP contribution in [-0.2, 0) is 16.2 Å². The largest absolute Gasteiger partial charge is 0.417 e. The fourth-order valence-electron chi connectivity index (χ4n) is 2.64. The van der Waals surface area contributed by atoms with Gasteiger partial charge in [-0.1, -0.05) is 24.1 Å². The summed E-state index contributed by atoms with van der Waals surface area (Å²) in [4.78, 5) is -0.885. The van der Waals surface area contributed by atoms with E-state index >= 15 is 0 Å². The molecule has 0 aliphatic carbocycles. The topological polar surface area (TPSA) is 63.4 Å². The molecule has 132 valence electrons. The molecule has 1 unspecified atom stereocenters. The first-order chi connectivity index (χ1) is 10.2. The summed E-state index contributed by atoms with van der Waals surface area (Å²) in [5.41, 5.74) is 4.32. The molecule has 0 radical (unpaired) electrons. The Bertz CT molecular complexity index is 653. The summed E-state index contributed by atoms with van der Waals surface area (Å²) in [5, 5.41) is -0.434. The van der Waals surface area contributed by atoms with Gasteiger partial charge >= 0.3 is 6.18 Å². The maximum absolute atomic E-state index is 13.1. The molecule has 1 aliphatic heterocycles. The van der Waals surface area contributed by atoms with Gasteiger partial charge in [0.15, 0.2) is 0 Å². The minimum Gasteiger partial charge on any atom is -0.329 e. The van der Waals surface area contributed by atoms with E-state index in [-0.39, 0.29) is 25.5 Å². The maximum Gasteiger partial charge on any atom is 0.417 e. The second kappa shape index (κ2) is 7.57. The fourth-order valence-corrected chi connectivity index (χ4v) is 5.07. The van der Waals surface area contributed by atoms with E-state index in [9.17, 15) is 21.6 Å². The zero-order valence-corrected chi connectivity index (χ0v) is 14.4. The number of alkyl halides is 3. The zero-order valence-electron chi connectivity index (χ0n) is 12.0. The van der Waals surface area contributed by atoms with Crippen LogP contribution >= 0.6 is 24.0 Å². The Morgan fingerprint density at radius 3 is 2.52 bits per heavy atom. The molecule has 1 aliphatic rings. The summed E-state index contributed by atoms with van der Waals surface area (Å²) in [6, 6.07) is 2.45. The van der Waals surface area contributed by atoms with Crippen molar-refractivity contribution in [2.45, 2.75) is 36.4 Å². The van der Waals surface area contributed by atoms with Gasteiger partial charge in [0.05, 0.1) is 10.6 Å². The van der Waals surface area contributed by atoms with Gasteiger partial charge in [-0.15, -0.1) is 12.4 Å². The van der Waals surface area contributed by atoms with Crippen molar-refractivity contribution in [2.75, 3.05) is 13.1 Å². The van der Waals surface area contributed by atoms with Crippen molar-refractivity contribution in [3.05, 3.63) is 28.8 Å². The minimum absolute atomic E-state index is 0. The summed E-state index contributed by atoms with van der Waals surface area (Å²) in [6.07, 6.45) is -2.90. The first-order valence-corrected chi connectivity index (χ1v) is 8.59. The van der Waals surface area contributed by atoms with Gasteiger partial charge in [-0.2, -0.15) is 17.5 Å². The molecule has 23 heavy (non-hydrogen) atoms. The van der Waals surface area contributed by atoms with E-state index in [0.29, 0.717) is 12.8 Å². The fraction of sp³-hybridized carbons (Fsp3) is 0.538. The van der Waals surface area contributed by atoms with Gasteiger partial charge in [0.25, 0.3) is 0 Å².